The molecule has 136 valence electrons. The number of aromatic nitrogens is 1. The highest BCUT2D eigenvalue weighted by Gasteiger charge is 2.34. The quantitative estimate of drug-likeness (QED) is 0.754. The van der Waals surface area contributed by atoms with E-state index in [0.717, 1.165) is 47.3 Å². The minimum absolute atomic E-state index is 0.132. The number of hydrogen-bond acceptors (Lipinski definition) is 4. The van der Waals surface area contributed by atoms with Crippen molar-refractivity contribution in [1.29, 1.82) is 0 Å². The molecule has 0 saturated heterocycles. The van der Waals surface area contributed by atoms with Crippen LogP contribution < -0.4 is 5.32 Å². The summed E-state index contributed by atoms with van der Waals surface area (Å²) >= 11 is 1.53. The molecule has 2 amide bonds. The number of carbonyl (C=O) groups excluding carboxylic acids is 2. The number of hydrogen-bond donors (Lipinski definition) is 1. The standard InChI is InChI=1S/C21H19N3O2S/c25-20(15-4-6-18-19(10-15)27-12-22-18)23-17-5-3-13-7-8-24(11-16(13)9-17)21(26)14-1-2-14/h3-6,9-10,12,14H,1-2,7-8,11H2,(H,23,25). The van der Waals surface area contributed by atoms with E-state index in [4.69, 9.17) is 0 Å². The first kappa shape index (κ1) is 16.4. The van der Waals surface area contributed by atoms with E-state index >= 15 is 0 Å². The number of thiazole rings is 1. The number of carbonyl (C=O) groups is 2. The third-order valence-corrected chi connectivity index (χ3v) is 6.10. The Morgan fingerprint density at radius 2 is 2.00 bits per heavy atom. The second kappa shape index (κ2) is 6.46. The molecular formula is C21H19N3O2S. The van der Waals surface area contributed by atoms with Crippen LogP contribution in [-0.4, -0.2) is 28.2 Å². The first-order valence-electron chi connectivity index (χ1n) is 9.22. The maximum Gasteiger partial charge on any atom is 0.255 e. The Morgan fingerprint density at radius 3 is 2.85 bits per heavy atom. The molecule has 2 aromatic carbocycles. The molecule has 6 heteroatoms. The van der Waals surface area contributed by atoms with Crippen LogP contribution in [0.1, 0.15) is 34.3 Å². The van der Waals surface area contributed by atoms with Crippen LogP contribution in [-0.2, 0) is 17.8 Å². The Balaban J connectivity index is 1.34. The molecule has 2 heterocycles. The molecule has 0 bridgehead atoms. The number of anilines is 1. The van der Waals surface area contributed by atoms with Gasteiger partial charge in [-0.2, -0.15) is 0 Å². The normalized spacial score (nSPS) is 16.2. The van der Waals surface area contributed by atoms with E-state index in [1.54, 1.807) is 11.6 Å². The topological polar surface area (TPSA) is 62.3 Å². The van der Waals surface area contributed by atoms with E-state index in [0.29, 0.717) is 12.1 Å². The van der Waals surface area contributed by atoms with Crippen molar-refractivity contribution in [2.24, 2.45) is 5.92 Å². The number of nitrogens with zero attached hydrogens (tertiary/aromatic N) is 2. The van der Waals surface area contributed by atoms with Gasteiger partial charge < -0.3 is 10.2 Å². The van der Waals surface area contributed by atoms with E-state index in [2.05, 4.69) is 16.4 Å². The van der Waals surface area contributed by atoms with Crippen molar-refractivity contribution < 1.29 is 9.59 Å². The lowest BCUT2D eigenvalue weighted by molar-refractivity contribution is -0.133. The van der Waals surface area contributed by atoms with Gasteiger partial charge in [-0.05, 0) is 60.7 Å². The van der Waals surface area contributed by atoms with Crippen LogP contribution in [0.4, 0.5) is 5.69 Å². The van der Waals surface area contributed by atoms with Gasteiger partial charge in [-0.25, -0.2) is 4.98 Å². The average Bonchev–Trinajstić information content (AvgIpc) is 3.43. The van der Waals surface area contributed by atoms with Crippen molar-refractivity contribution in [2.75, 3.05) is 11.9 Å². The molecule has 1 aliphatic carbocycles. The predicted molar refractivity (Wildman–Crippen MR) is 106 cm³/mol. The zero-order valence-corrected chi connectivity index (χ0v) is 15.6. The van der Waals surface area contributed by atoms with Crippen LogP contribution in [0.3, 0.4) is 0 Å². The summed E-state index contributed by atoms with van der Waals surface area (Å²) in [6.45, 7) is 1.43. The van der Waals surface area contributed by atoms with Gasteiger partial charge in [0, 0.05) is 30.3 Å². The van der Waals surface area contributed by atoms with Crippen molar-refractivity contribution in [3.05, 3.63) is 58.6 Å². The van der Waals surface area contributed by atoms with Gasteiger partial charge in [0.25, 0.3) is 5.91 Å². The summed E-state index contributed by atoms with van der Waals surface area (Å²) in [5.41, 5.74) is 6.47. The maximum absolute atomic E-state index is 12.6. The molecule has 1 aromatic heterocycles. The van der Waals surface area contributed by atoms with Crippen molar-refractivity contribution in [3.8, 4) is 0 Å². The Morgan fingerprint density at radius 1 is 1.11 bits per heavy atom. The van der Waals surface area contributed by atoms with Gasteiger partial charge in [0.2, 0.25) is 5.91 Å². The molecular weight excluding hydrogens is 358 g/mol. The maximum atomic E-state index is 12.6. The first-order valence-corrected chi connectivity index (χ1v) is 10.1. The van der Waals surface area contributed by atoms with Gasteiger partial charge in [-0.1, -0.05) is 6.07 Å². The Labute approximate surface area is 161 Å². The predicted octanol–water partition coefficient (Wildman–Crippen LogP) is 3.84. The van der Waals surface area contributed by atoms with Crippen LogP contribution in [0.2, 0.25) is 0 Å². The highest BCUT2D eigenvalue weighted by molar-refractivity contribution is 7.16. The van der Waals surface area contributed by atoms with Gasteiger partial charge in [-0.3, -0.25) is 9.59 Å². The molecule has 0 unspecified atom stereocenters. The van der Waals surface area contributed by atoms with Gasteiger partial charge >= 0.3 is 0 Å². The number of benzene rings is 2. The largest absolute Gasteiger partial charge is 0.338 e. The van der Waals surface area contributed by atoms with Gasteiger partial charge in [0.05, 0.1) is 15.7 Å². The lowest BCUT2D eigenvalue weighted by Gasteiger charge is -2.29. The van der Waals surface area contributed by atoms with Gasteiger partial charge in [-0.15, -0.1) is 11.3 Å². The second-order valence-electron chi connectivity index (χ2n) is 7.26. The van der Waals surface area contributed by atoms with Crippen LogP contribution in [0.15, 0.2) is 41.9 Å². The van der Waals surface area contributed by atoms with Crippen LogP contribution in [0.25, 0.3) is 10.2 Å². The smallest absolute Gasteiger partial charge is 0.255 e. The van der Waals surface area contributed by atoms with E-state index in [1.807, 2.05) is 29.2 Å². The highest BCUT2D eigenvalue weighted by atomic mass is 32.1. The Kier molecular flexibility index (Phi) is 3.93. The fourth-order valence-electron chi connectivity index (χ4n) is 3.61. The summed E-state index contributed by atoms with van der Waals surface area (Å²) < 4.78 is 1.00. The first-order chi connectivity index (χ1) is 13.2. The monoisotopic (exact) mass is 377 g/mol. The number of nitrogens with one attached hydrogen (secondary N) is 1. The molecule has 1 fully saturated rings. The summed E-state index contributed by atoms with van der Waals surface area (Å²) in [4.78, 5) is 31.2. The van der Waals surface area contributed by atoms with Crippen molar-refractivity contribution in [3.63, 3.8) is 0 Å². The molecule has 0 spiro atoms. The fraction of sp³-hybridized carbons (Fsp3) is 0.286. The lowest BCUT2D eigenvalue weighted by Crippen LogP contribution is -2.36. The lowest BCUT2D eigenvalue weighted by atomic mass is 9.98. The zero-order chi connectivity index (χ0) is 18.4. The zero-order valence-electron chi connectivity index (χ0n) is 14.8. The third-order valence-electron chi connectivity index (χ3n) is 5.31. The van der Waals surface area contributed by atoms with Crippen LogP contribution in [0.5, 0.6) is 0 Å². The summed E-state index contributed by atoms with van der Waals surface area (Å²) in [5.74, 6) is 0.399. The van der Waals surface area contributed by atoms with E-state index < -0.39 is 0 Å². The fourth-order valence-corrected chi connectivity index (χ4v) is 4.33. The number of rotatable bonds is 3. The summed E-state index contributed by atoms with van der Waals surface area (Å²) in [7, 11) is 0. The van der Waals surface area contributed by atoms with E-state index in [9.17, 15) is 9.59 Å². The molecule has 0 radical (unpaired) electrons. The van der Waals surface area contributed by atoms with E-state index in [1.165, 1.54) is 16.9 Å². The van der Waals surface area contributed by atoms with Crippen LogP contribution >= 0.6 is 11.3 Å². The number of fused-ring (bicyclic) bond motifs is 2. The molecule has 3 aromatic rings. The van der Waals surface area contributed by atoms with Crippen LogP contribution in [0, 0.1) is 5.92 Å². The molecule has 1 N–H and O–H groups in total. The molecule has 0 atom stereocenters. The molecule has 27 heavy (non-hydrogen) atoms. The summed E-state index contributed by atoms with van der Waals surface area (Å²) in [5, 5.41) is 2.99. The minimum Gasteiger partial charge on any atom is -0.338 e. The molecule has 5 rings (SSSR count). The molecule has 2 aliphatic rings. The highest BCUT2D eigenvalue weighted by Crippen LogP contribution is 2.33. The van der Waals surface area contributed by atoms with Crippen molar-refractivity contribution in [2.45, 2.75) is 25.8 Å². The van der Waals surface area contributed by atoms with Gasteiger partial charge in [0.15, 0.2) is 0 Å². The molecule has 5 nitrogen and oxygen atoms in total. The van der Waals surface area contributed by atoms with Crippen molar-refractivity contribution in [1.82, 2.24) is 9.88 Å². The van der Waals surface area contributed by atoms with E-state index in [-0.39, 0.29) is 17.7 Å². The molecule has 1 aliphatic heterocycles. The Bertz CT molecular complexity index is 1050. The summed E-state index contributed by atoms with van der Waals surface area (Å²) in [6.07, 6.45) is 2.94. The second-order valence-corrected chi connectivity index (χ2v) is 8.14. The average molecular weight is 377 g/mol. The Hall–Kier alpha value is -2.73. The minimum atomic E-state index is -0.132. The molecule has 1 saturated carbocycles. The summed E-state index contributed by atoms with van der Waals surface area (Å²) in [6, 6.07) is 11.6. The van der Waals surface area contributed by atoms with Crippen molar-refractivity contribution >= 4 is 39.1 Å². The van der Waals surface area contributed by atoms with Gasteiger partial charge in [0.1, 0.15) is 0 Å². The third kappa shape index (κ3) is 3.21. The SMILES string of the molecule is O=C(Nc1ccc2c(c1)CN(C(=O)C1CC1)CC2)c1ccc2ncsc2c1. The number of amides is 2.